The maximum Gasteiger partial charge on any atom is 0.344 e. The largest absolute Gasteiger partial charge is 0.482 e. The van der Waals surface area contributed by atoms with Crippen LogP contribution in [-0.4, -0.2) is 30.4 Å². The fourth-order valence-electron chi connectivity index (χ4n) is 2.36. The fraction of sp³-hybridized carbons (Fsp3) is 0.263. The highest BCUT2D eigenvalue weighted by atomic mass is 32.1. The number of benzene rings is 2. The van der Waals surface area contributed by atoms with E-state index >= 15 is 0 Å². The minimum Gasteiger partial charge on any atom is -0.482 e. The molecular weight excluding hydrogens is 340 g/mol. The summed E-state index contributed by atoms with van der Waals surface area (Å²) in [6.45, 7) is 1.48. The molecule has 2 aromatic carbocycles. The van der Waals surface area contributed by atoms with E-state index in [-0.39, 0.29) is 18.6 Å². The molecule has 3 aromatic rings. The highest BCUT2D eigenvalue weighted by Gasteiger charge is 2.10. The van der Waals surface area contributed by atoms with Crippen molar-refractivity contribution in [3.63, 3.8) is 0 Å². The van der Waals surface area contributed by atoms with Gasteiger partial charge in [-0.15, -0.1) is 11.3 Å². The van der Waals surface area contributed by atoms with Crippen LogP contribution >= 0.6 is 11.3 Å². The molecule has 130 valence electrons. The molecule has 5 nitrogen and oxygen atoms in total. The lowest BCUT2D eigenvalue weighted by molar-refractivity contribution is -0.149. The molecule has 0 aliphatic heterocycles. The number of rotatable bonds is 6. The van der Waals surface area contributed by atoms with Crippen molar-refractivity contribution in [3.05, 3.63) is 52.7 Å². The highest BCUT2D eigenvalue weighted by molar-refractivity contribution is 7.24. The van der Waals surface area contributed by atoms with E-state index in [0.29, 0.717) is 22.9 Å². The predicted molar refractivity (Wildman–Crippen MR) is 98.4 cm³/mol. The summed E-state index contributed by atoms with van der Waals surface area (Å²) in [5.74, 6) is -0.128. The zero-order chi connectivity index (χ0) is 17.8. The highest BCUT2D eigenvalue weighted by Crippen LogP contribution is 2.27. The first kappa shape index (κ1) is 17.4. The van der Waals surface area contributed by atoms with Gasteiger partial charge in [0.05, 0.1) is 6.10 Å². The van der Waals surface area contributed by atoms with E-state index in [4.69, 9.17) is 9.47 Å². The second kappa shape index (κ2) is 7.63. The molecule has 0 saturated heterocycles. The van der Waals surface area contributed by atoms with Crippen LogP contribution in [0.1, 0.15) is 13.3 Å². The van der Waals surface area contributed by atoms with Crippen LogP contribution in [0.5, 0.6) is 5.75 Å². The van der Waals surface area contributed by atoms with Crippen LogP contribution in [0.25, 0.3) is 20.2 Å². The summed E-state index contributed by atoms with van der Waals surface area (Å²) in [5, 5.41) is 10.6. The summed E-state index contributed by atoms with van der Waals surface area (Å²) >= 11 is 1.54. The van der Waals surface area contributed by atoms with Gasteiger partial charge in [-0.05, 0) is 36.8 Å². The van der Waals surface area contributed by atoms with Gasteiger partial charge in [-0.1, -0.05) is 19.1 Å². The van der Waals surface area contributed by atoms with Crippen LogP contribution in [0.15, 0.2) is 47.3 Å². The Morgan fingerprint density at radius 2 is 1.92 bits per heavy atom. The molecule has 0 amide bonds. The normalized spacial score (nSPS) is 12.2. The fourth-order valence-corrected chi connectivity index (χ4v) is 3.41. The predicted octanol–water partition coefficient (Wildman–Crippen LogP) is 3.11. The molecular formula is C19H18O5S. The molecule has 0 bridgehead atoms. The van der Waals surface area contributed by atoms with Crippen molar-refractivity contribution in [1.29, 1.82) is 0 Å². The summed E-state index contributed by atoms with van der Waals surface area (Å²) < 4.78 is 12.1. The van der Waals surface area contributed by atoms with Gasteiger partial charge >= 0.3 is 5.97 Å². The summed E-state index contributed by atoms with van der Waals surface area (Å²) in [4.78, 5) is 24.2. The van der Waals surface area contributed by atoms with Gasteiger partial charge in [0.1, 0.15) is 12.4 Å². The minimum absolute atomic E-state index is 0.0468. The van der Waals surface area contributed by atoms with Crippen LogP contribution in [0.3, 0.4) is 0 Å². The number of fused-ring (bicyclic) bond motifs is 2. The van der Waals surface area contributed by atoms with Crippen molar-refractivity contribution in [2.24, 2.45) is 0 Å². The number of carbonyl (C=O) groups is 1. The van der Waals surface area contributed by atoms with Crippen LogP contribution in [0.4, 0.5) is 0 Å². The number of aliphatic hydroxyl groups is 1. The van der Waals surface area contributed by atoms with Crippen LogP contribution < -0.4 is 10.2 Å². The number of hydrogen-bond acceptors (Lipinski definition) is 6. The monoisotopic (exact) mass is 358 g/mol. The number of esters is 1. The molecule has 1 heterocycles. The quantitative estimate of drug-likeness (QED) is 0.541. The maximum absolute atomic E-state index is 12.6. The first-order valence-corrected chi connectivity index (χ1v) is 8.82. The van der Waals surface area contributed by atoms with Crippen LogP contribution in [-0.2, 0) is 9.53 Å². The standard InChI is InChI=1S/C19H18O5S/c1-2-12(20)10-24-18(21)11-23-13-7-8-17-15(9-13)19(22)14-5-3-4-6-16(14)25-17/h3-9,12,20H,2,10-11H2,1H3. The second-order valence-electron chi connectivity index (χ2n) is 5.62. The molecule has 0 aliphatic carbocycles. The number of ether oxygens (including phenoxy) is 2. The first-order chi connectivity index (χ1) is 12.1. The summed E-state index contributed by atoms with van der Waals surface area (Å²) in [5.41, 5.74) is -0.0524. The van der Waals surface area contributed by atoms with Gasteiger partial charge in [-0.2, -0.15) is 0 Å². The first-order valence-electron chi connectivity index (χ1n) is 8.00. The Morgan fingerprint density at radius 3 is 2.72 bits per heavy atom. The summed E-state index contributed by atoms with van der Waals surface area (Å²) in [7, 11) is 0. The van der Waals surface area contributed by atoms with Gasteiger partial charge in [0.15, 0.2) is 12.0 Å². The Bertz CT molecular complexity index is 963. The lowest BCUT2D eigenvalue weighted by Crippen LogP contribution is -2.21. The van der Waals surface area contributed by atoms with Gasteiger partial charge in [-0.3, -0.25) is 4.79 Å². The average Bonchev–Trinajstić information content (AvgIpc) is 2.64. The lowest BCUT2D eigenvalue weighted by atomic mass is 10.2. The molecule has 0 saturated carbocycles. The smallest absolute Gasteiger partial charge is 0.344 e. The Labute approximate surface area is 148 Å². The van der Waals surface area contributed by atoms with Crippen LogP contribution in [0, 0.1) is 0 Å². The zero-order valence-electron chi connectivity index (χ0n) is 13.7. The topological polar surface area (TPSA) is 72.8 Å². The molecule has 25 heavy (non-hydrogen) atoms. The molecule has 0 spiro atoms. The van der Waals surface area contributed by atoms with Gasteiger partial charge in [0.2, 0.25) is 0 Å². The van der Waals surface area contributed by atoms with Crippen molar-refractivity contribution in [2.75, 3.05) is 13.2 Å². The molecule has 1 unspecified atom stereocenters. The van der Waals surface area contributed by atoms with Crippen molar-refractivity contribution in [1.82, 2.24) is 0 Å². The Hall–Kier alpha value is -2.44. The molecule has 0 radical (unpaired) electrons. The third-order valence-electron chi connectivity index (χ3n) is 3.81. The van der Waals surface area contributed by atoms with Crippen LogP contribution in [0.2, 0.25) is 0 Å². The van der Waals surface area contributed by atoms with Crippen molar-refractivity contribution >= 4 is 37.5 Å². The maximum atomic E-state index is 12.6. The van der Waals surface area contributed by atoms with E-state index < -0.39 is 12.1 Å². The van der Waals surface area contributed by atoms with Gasteiger partial charge < -0.3 is 14.6 Å². The van der Waals surface area contributed by atoms with Crippen molar-refractivity contribution in [2.45, 2.75) is 19.4 Å². The molecule has 1 aromatic heterocycles. The summed E-state index contributed by atoms with van der Waals surface area (Å²) in [6.07, 6.45) is -0.150. The Balaban J connectivity index is 1.77. The molecule has 6 heteroatoms. The second-order valence-corrected chi connectivity index (χ2v) is 6.70. The van der Waals surface area contributed by atoms with E-state index in [1.54, 1.807) is 25.1 Å². The number of aliphatic hydroxyl groups excluding tert-OH is 1. The number of carbonyl (C=O) groups excluding carboxylic acids is 1. The SMILES string of the molecule is CCC(O)COC(=O)COc1ccc2sc3ccccc3c(=O)c2c1. The molecule has 0 fully saturated rings. The van der Waals surface area contributed by atoms with E-state index in [1.807, 2.05) is 24.3 Å². The van der Waals surface area contributed by atoms with Crippen molar-refractivity contribution in [3.8, 4) is 5.75 Å². The van der Waals surface area contributed by atoms with Crippen molar-refractivity contribution < 1.29 is 19.4 Å². The number of hydrogen-bond donors (Lipinski definition) is 1. The molecule has 1 atom stereocenters. The molecule has 1 N–H and O–H groups in total. The van der Waals surface area contributed by atoms with E-state index in [1.165, 1.54) is 11.3 Å². The third-order valence-corrected chi connectivity index (χ3v) is 4.96. The Kier molecular flexibility index (Phi) is 5.31. The average molecular weight is 358 g/mol. The molecule has 3 rings (SSSR count). The van der Waals surface area contributed by atoms with Gasteiger partial charge in [0, 0.05) is 20.2 Å². The van der Waals surface area contributed by atoms with E-state index in [2.05, 4.69) is 0 Å². The zero-order valence-corrected chi connectivity index (χ0v) is 14.5. The Morgan fingerprint density at radius 1 is 1.16 bits per heavy atom. The minimum atomic E-state index is -0.664. The van der Waals surface area contributed by atoms with E-state index in [0.717, 1.165) is 9.40 Å². The van der Waals surface area contributed by atoms with E-state index in [9.17, 15) is 14.7 Å². The summed E-state index contributed by atoms with van der Waals surface area (Å²) in [6, 6.07) is 12.7. The molecule has 0 aliphatic rings. The third kappa shape index (κ3) is 3.97. The van der Waals surface area contributed by atoms with Gasteiger partial charge in [0.25, 0.3) is 0 Å². The van der Waals surface area contributed by atoms with Gasteiger partial charge in [-0.25, -0.2) is 4.79 Å². The lowest BCUT2D eigenvalue weighted by Gasteiger charge is -2.10.